The largest absolute Gasteiger partial charge is 0.491 e. The van der Waals surface area contributed by atoms with Gasteiger partial charge in [-0.1, -0.05) is 0 Å². The average Bonchev–Trinajstić information content (AvgIpc) is 2.30. The first kappa shape index (κ1) is 6.92. The summed E-state index contributed by atoms with van der Waals surface area (Å²) in [4.78, 5) is 0. The van der Waals surface area contributed by atoms with Gasteiger partial charge in [0.25, 0.3) is 0 Å². The minimum absolute atomic E-state index is 0.769. The fourth-order valence-corrected chi connectivity index (χ4v) is 0.789. The van der Waals surface area contributed by atoms with E-state index in [9.17, 15) is 0 Å². The molecule has 1 aromatic rings. The second-order valence-corrected chi connectivity index (χ2v) is 1.97. The highest BCUT2D eigenvalue weighted by molar-refractivity contribution is 5.47. The van der Waals surface area contributed by atoms with Crippen molar-refractivity contribution >= 4 is 5.82 Å². The van der Waals surface area contributed by atoms with Crippen LogP contribution >= 0.6 is 0 Å². The lowest BCUT2D eigenvalue weighted by Crippen LogP contribution is -1.93. The smallest absolute Gasteiger partial charge is 0.190 e. The normalized spacial score (nSPS) is 9.50. The Hall–Kier alpha value is -1.19. The second kappa shape index (κ2) is 2.60. The summed E-state index contributed by atoms with van der Waals surface area (Å²) in [6.45, 7) is 0. The lowest BCUT2D eigenvalue weighted by Gasteiger charge is -1.96. The van der Waals surface area contributed by atoms with Crippen LogP contribution in [0.1, 0.15) is 0 Å². The molecule has 1 heterocycles. The molecule has 4 nitrogen and oxygen atoms in total. The summed E-state index contributed by atoms with van der Waals surface area (Å²) >= 11 is 0. The molecule has 56 valence electrons. The van der Waals surface area contributed by atoms with Crippen LogP contribution in [-0.2, 0) is 7.05 Å². The van der Waals surface area contributed by atoms with Gasteiger partial charge in [0.15, 0.2) is 11.6 Å². The van der Waals surface area contributed by atoms with E-state index in [0.717, 1.165) is 11.6 Å². The van der Waals surface area contributed by atoms with Crippen molar-refractivity contribution in [3.63, 3.8) is 0 Å². The van der Waals surface area contributed by atoms with Gasteiger partial charge in [0.05, 0.1) is 13.3 Å². The van der Waals surface area contributed by atoms with E-state index in [1.54, 1.807) is 11.8 Å². The maximum Gasteiger partial charge on any atom is 0.190 e. The van der Waals surface area contributed by atoms with E-state index in [1.807, 2.05) is 20.3 Å². The third-order valence-electron chi connectivity index (χ3n) is 1.25. The van der Waals surface area contributed by atoms with Gasteiger partial charge in [-0.25, -0.2) is 0 Å². The molecule has 4 heteroatoms. The van der Waals surface area contributed by atoms with E-state index in [4.69, 9.17) is 4.74 Å². The molecular weight excluding hydrogens is 130 g/mol. The van der Waals surface area contributed by atoms with Crippen molar-refractivity contribution in [2.24, 2.45) is 7.05 Å². The molecule has 0 aliphatic heterocycles. The average molecular weight is 141 g/mol. The Bertz CT molecular complexity index is 197. The zero-order valence-corrected chi connectivity index (χ0v) is 6.38. The van der Waals surface area contributed by atoms with Crippen molar-refractivity contribution < 1.29 is 4.74 Å². The topological polar surface area (TPSA) is 39.1 Å². The monoisotopic (exact) mass is 141 g/mol. The highest BCUT2D eigenvalue weighted by Crippen LogP contribution is 2.19. The number of aromatic nitrogens is 2. The summed E-state index contributed by atoms with van der Waals surface area (Å²) in [6, 6.07) is 0. The fourth-order valence-electron chi connectivity index (χ4n) is 0.789. The molecule has 0 radical (unpaired) electrons. The minimum Gasteiger partial charge on any atom is -0.491 e. The van der Waals surface area contributed by atoms with Crippen LogP contribution in [0.15, 0.2) is 6.20 Å². The zero-order chi connectivity index (χ0) is 7.56. The van der Waals surface area contributed by atoms with E-state index >= 15 is 0 Å². The van der Waals surface area contributed by atoms with Crippen molar-refractivity contribution in [3.05, 3.63) is 6.20 Å². The quantitative estimate of drug-likeness (QED) is 0.650. The molecule has 0 atom stereocenters. The molecule has 0 aromatic carbocycles. The molecule has 10 heavy (non-hydrogen) atoms. The predicted molar refractivity (Wildman–Crippen MR) is 39.3 cm³/mol. The first-order valence-electron chi connectivity index (χ1n) is 3.03. The van der Waals surface area contributed by atoms with Crippen LogP contribution in [0.3, 0.4) is 0 Å². The SMILES string of the molecule is CNc1nn(C)cc1OC. The first-order chi connectivity index (χ1) is 4.77. The van der Waals surface area contributed by atoms with E-state index in [2.05, 4.69) is 10.4 Å². The van der Waals surface area contributed by atoms with Crippen LogP contribution in [0, 0.1) is 0 Å². The molecule has 1 aromatic heterocycles. The fraction of sp³-hybridized carbons (Fsp3) is 0.500. The number of rotatable bonds is 2. The Labute approximate surface area is 59.8 Å². The molecule has 0 aliphatic carbocycles. The van der Waals surface area contributed by atoms with Crippen molar-refractivity contribution in [2.75, 3.05) is 19.5 Å². The van der Waals surface area contributed by atoms with Crippen LogP contribution in [0.4, 0.5) is 5.82 Å². The number of ether oxygens (including phenoxy) is 1. The van der Waals surface area contributed by atoms with E-state index in [0.29, 0.717) is 0 Å². The number of anilines is 1. The number of hydrogen-bond donors (Lipinski definition) is 1. The van der Waals surface area contributed by atoms with Gasteiger partial charge in [-0.3, -0.25) is 4.68 Å². The summed E-state index contributed by atoms with van der Waals surface area (Å²) in [5, 5.41) is 6.99. The molecular formula is C6H11N3O. The van der Waals surface area contributed by atoms with Crippen molar-refractivity contribution in [3.8, 4) is 5.75 Å². The zero-order valence-electron chi connectivity index (χ0n) is 6.38. The minimum atomic E-state index is 0.769. The van der Waals surface area contributed by atoms with Crippen LogP contribution in [0.25, 0.3) is 0 Å². The van der Waals surface area contributed by atoms with E-state index in [-0.39, 0.29) is 0 Å². The van der Waals surface area contributed by atoms with Crippen LogP contribution < -0.4 is 10.1 Å². The van der Waals surface area contributed by atoms with Gasteiger partial charge in [-0.2, -0.15) is 5.10 Å². The summed E-state index contributed by atoms with van der Waals surface area (Å²) in [5.74, 6) is 1.54. The van der Waals surface area contributed by atoms with Crippen LogP contribution in [0.2, 0.25) is 0 Å². The predicted octanol–water partition coefficient (Wildman–Crippen LogP) is 0.470. The molecule has 0 aliphatic rings. The molecule has 0 unspecified atom stereocenters. The Morgan fingerprint density at radius 1 is 1.70 bits per heavy atom. The van der Waals surface area contributed by atoms with Crippen LogP contribution in [-0.4, -0.2) is 23.9 Å². The lowest BCUT2D eigenvalue weighted by molar-refractivity contribution is 0.416. The molecule has 1 rings (SSSR count). The molecule has 0 bridgehead atoms. The molecule has 0 spiro atoms. The van der Waals surface area contributed by atoms with E-state index < -0.39 is 0 Å². The van der Waals surface area contributed by atoms with Crippen molar-refractivity contribution in [1.82, 2.24) is 9.78 Å². The number of methoxy groups -OCH3 is 1. The molecule has 0 saturated heterocycles. The van der Waals surface area contributed by atoms with Gasteiger partial charge in [0.2, 0.25) is 0 Å². The Morgan fingerprint density at radius 2 is 2.40 bits per heavy atom. The second-order valence-electron chi connectivity index (χ2n) is 1.97. The van der Waals surface area contributed by atoms with Gasteiger partial charge >= 0.3 is 0 Å². The van der Waals surface area contributed by atoms with Gasteiger partial charge in [-0.15, -0.1) is 0 Å². The summed E-state index contributed by atoms with van der Waals surface area (Å²) < 4.78 is 6.71. The number of nitrogens with zero attached hydrogens (tertiary/aromatic N) is 2. The van der Waals surface area contributed by atoms with Gasteiger partial charge in [0.1, 0.15) is 0 Å². The Kier molecular flexibility index (Phi) is 1.80. The molecule has 1 N–H and O–H groups in total. The molecule has 0 saturated carbocycles. The summed E-state index contributed by atoms with van der Waals surface area (Å²) in [5.41, 5.74) is 0. The van der Waals surface area contributed by atoms with E-state index in [1.165, 1.54) is 0 Å². The highest BCUT2D eigenvalue weighted by Gasteiger charge is 2.03. The number of nitrogens with one attached hydrogen (secondary N) is 1. The van der Waals surface area contributed by atoms with Crippen molar-refractivity contribution in [2.45, 2.75) is 0 Å². The molecule has 0 amide bonds. The van der Waals surface area contributed by atoms with Gasteiger partial charge < -0.3 is 10.1 Å². The third kappa shape index (κ3) is 1.05. The van der Waals surface area contributed by atoms with Gasteiger partial charge in [0, 0.05) is 14.1 Å². The third-order valence-corrected chi connectivity index (χ3v) is 1.25. The summed E-state index contributed by atoms with van der Waals surface area (Å²) in [7, 11) is 5.28. The maximum atomic E-state index is 5.01. The molecule has 0 fully saturated rings. The standard InChI is InChI=1S/C6H11N3O/c1-7-6-5(10-3)4-9(2)8-6/h4H,1-3H3,(H,7,8). The number of aryl methyl sites for hydroxylation is 1. The first-order valence-corrected chi connectivity index (χ1v) is 3.03. The summed E-state index contributed by atoms with van der Waals surface area (Å²) in [6.07, 6.45) is 1.81. The number of hydrogen-bond acceptors (Lipinski definition) is 3. The van der Waals surface area contributed by atoms with Crippen molar-refractivity contribution in [1.29, 1.82) is 0 Å². The van der Waals surface area contributed by atoms with Crippen LogP contribution in [0.5, 0.6) is 5.75 Å². The van der Waals surface area contributed by atoms with Gasteiger partial charge in [-0.05, 0) is 0 Å². The lowest BCUT2D eigenvalue weighted by atomic mass is 10.6. The maximum absolute atomic E-state index is 5.01. The highest BCUT2D eigenvalue weighted by atomic mass is 16.5. The Balaban J connectivity index is 2.96. The Morgan fingerprint density at radius 3 is 2.80 bits per heavy atom.